The van der Waals surface area contributed by atoms with Crippen LogP contribution in [-0.2, 0) is 17.4 Å². The first kappa shape index (κ1) is 19.4. The molecule has 0 radical (unpaired) electrons. The van der Waals surface area contributed by atoms with Crippen LogP contribution in [0.5, 0.6) is 0 Å². The molecule has 0 spiro atoms. The molecule has 26 heavy (non-hydrogen) atoms. The highest BCUT2D eigenvalue weighted by Crippen LogP contribution is 2.32. The van der Waals surface area contributed by atoms with Crippen molar-refractivity contribution in [2.75, 3.05) is 0 Å². The SMILES string of the molecule is NC(=O)[C@@H](Cc1ccccc1C(F)(F)F)NC(=O)c1cccc(F)c1F. The van der Waals surface area contributed by atoms with Crippen molar-refractivity contribution >= 4 is 11.8 Å². The van der Waals surface area contributed by atoms with Crippen molar-refractivity contribution in [3.05, 3.63) is 70.8 Å². The number of primary amides is 1. The highest BCUT2D eigenvalue weighted by Gasteiger charge is 2.34. The maximum atomic E-state index is 13.7. The number of alkyl halides is 3. The Balaban J connectivity index is 2.27. The topological polar surface area (TPSA) is 72.2 Å². The minimum absolute atomic E-state index is 0.274. The minimum Gasteiger partial charge on any atom is -0.368 e. The van der Waals surface area contributed by atoms with Gasteiger partial charge in [0.15, 0.2) is 11.6 Å². The number of carbonyl (C=O) groups is 2. The van der Waals surface area contributed by atoms with Crippen molar-refractivity contribution in [2.24, 2.45) is 5.73 Å². The van der Waals surface area contributed by atoms with E-state index >= 15 is 0 Å². The van der Waals surface area contributed by atoms with E-state index in [4.69, 9.17) is 5.73 Å². The summed E-state index contributed by atoms with van der Waals surface area (Å²) in [6, 6.07) is 5.74. The Morgan fingerprint density at radius 2 is 1.69 bits per heavy atom. The van der Waals surface area contributed by atoms with E-state index in [-0.39, 0.29) is 5.56 Å². The number of carbonyl (C=O) groups excluding carboxylic acids is 2. The van der Waals surface area contributed by atoms with Crippen LogP contribution in [0, 0.1) is 11.6 Å². The normalized spacial score (nSPS) is 12.5. The van der Waals surface area contributed by atoms with E-state index < -0.39 is 53.2 Å². The van der Waals surface area contributed by atoms with Crippen LogP contribution in [0.2, 0.25) is 0 Å². The van der Waals surface area contributed by atoms with E-state index in [1.54, 1.807) is 0 Å². The average molecular weight is 372 g/mol. The van der Waals surface area contributed by atoms with Crippen molar-refractivity contribution < 1.29 is 31.5 Å². The van der Waals surface area contributed by atoms with Gasteiger partial charge in [-0.15, -0.1) is 0 Å². The highest BCUT2D eigenvalue weighted by atomic mass is 19.4. The van der Waals surface area contributed by atoms with Crippen LogP contribution in [0.15, 0.2) is 42.5 Å². The zero-order valence-corrected chi connectivity index (χ0v) is 13.1. The lowest BCUT2D eigenvalue weighted by Gasteiger charge is -2.19. The Labute approximate surface area is 144 Å². The Morgan fingerprint density at radius 3 is 2.31 bits per heavy atom. The molecule has 0 aromatic heterocycles. The molecule has 2 aromatic rings. The molecule has 1 atom stereocenters. The summed E-state index contributed by atoms with van der Waals surface area (Å²) in [4.78, 5) is 23.6. The predicted octanol–water partition coefficient (Wildman–Crippen LogP) is 2.81. The first-order valence-electron chi connectivity index (χ1n) is 7.30. The van der Waals surface area contributed by atoms with Gasteiger partial charge in [0.25, 0.3) is 5.91 Å². The molecule has 0 unspecified atom stereocenters. The molecule has 0 aliphatic rings. The Morgan fingerprint density at radius 1 is 1.04 bits per heavy atom. The van der Waals surface area contributed by atoms with E-state index in [2.05, 4.69) is 0 Å². The third kappa shape index (κ3) is 4.35. The molecule has 138 valence electrons. The predicted molar refractivity (Wildman–Crippen MR) is 82.0 cm³/mol. The van der Waals surface area contributed by atoms with Gasteiger partial charge in [-0.3, -0.25) is 9.59 Å². The quantitative estimate of drug-likeness (QED) is 0.793. The van der Waals surface area contributed by atoms with Gasteiger partial charge in [0.1, 0.15) is 6.04 Å². The lowest BCUT2D eigenvalue weighted by atomic mass is 9.99. The second-order valence-corrected chi connectivity index (χ2v) is 5.39. The molecule has 3 N–H and O–H groups in total. The first-order valence-corrected chi connectivity index (χ1v) is 7.30. The molecule has 0 aliphatic heterocycles. The summed E-state index contributed by atoms with van der Waals surface area (Å²) in [5, 5.41) is 2.04. The standard InChI is InChI=1S/C17H13F5N2O2/c18-12-7-3-5-10(14(12)19)16(26)24-13(15(23)25)8-9-4-1-2-6-11(9)17(20,21)22/h1-7,13H,8H2,(H2,23,25)(H,24,26)/t13-/m1/s1. The van der Waals surface area contributed by atoms with Crippen molar-refractivity contribution in [3.8, 4) is 0 Å². The van der Waals surface area contributed by atoms with Crippen LogP contribution in [0.1, 0.15) is 21.5 Å². The van der Waals surface area contributed by atoms with Gasteiger partial charge in [0.2, 0.25) is 5.91 Å². The average Bonchev–Trinajstić information content (AvgIpc) is 2.56. The molecular formula is C17H13F5N2O2. The molecule has 2 rings (SSSR count). The Hall–Kier alpha value is -2.97. The van der Waals surface area contributed by atoms with Gasteiger partial charge in [0, 0.05) is 6.42 Å². The molecule has 4 nitrogen and oxygen atoms in total. The lowest BCUT2D eigenvalue weighted by Crippen LogP contribution is -2.46. The third-order valence-electron chi connectivity index (χ3n) is 3.59. The second-order valence-electron chi connectivity index (χ2n) is 5.39. The summed E-state index contributed by atoms with van der Waals surface area (Å²) in [7, 11) is 0. The van der Waals surface area contributed by atoms with E-state index in [1.807, 2.05) is 5.32 Å². The van der Waals surface area contributed by atoms with Gasteiger partial charge in [-0.25, -0.2) is 8.78 Å². The molecule has 0 bridgehead atoms. The molecule has 0 fully saturated rings. The number of amides is 2. The van der Waals surface area contributed by atoms with Gasteiger partial charge in [-0.2, -0.15) is 13.2 Å². The number of rotatable bonds is 5. The smallest absolute Gasteiger partial charge is 0.368 e. The second kappa shape index (κ2) is 7.51. The fraction of sp³-hybridized carbons (Fsp3) is 0.176. The zero-order chi connectivity index (χ0) is 19.5. The van der Waals surface area contributed by atoms with Gasteiger partial charge in [-0.05, 0) is 23.8 Å². The van der Waals surface area contributed by atoms with E-state index in [0.717, 1.165) is 30.3 Å². The van der Waals surface area contributed by atoms with Crippen molar-refractivity contribution in [2.45, 2.75) is 18.6 Å². The number of halogens is 5. The van der Waals surface area contributed by atoms with Crippen molar-refractivity contribution in [1.29, 1.82) is 0 Å². The molecule has 0 saturated heterocycles. The molecule has 9 heteroatoms. The van der Waals surface area contributed by atoms with E-state index in [9.17, 15) is 31.5 Å². The zero-order valence-electron chi connectivity index (χ0n) is 13.1. The maximum Gasteiger partial charge on any atom is 0.416 e. The van der Waals surface area contributed by atoms with Crippen LogP contribution in [0.3, 0.4) is 0 Å². The molecular weight excluding hydrogens is 359 g/mol. The fourth-order valence-electron chi connectivity index (χ4n) is 2.33. The number of nitrogens with one attached hydrogen (secondary N) is 1. The Kier molecular flexibility index (Phi) is 5.59. The van der Waals surface area contributed by atoms with Crippen LogP contribution in [0.4, 0.5) is 22.0 Å². The fourth-order valence-corrected chi connectivity index (χ4v) is 2.33. The number of nitrogens with two attached hydrogens (primary N) is 1. The molecule has 0 heterocycles. The molecule has 0 saturated carbocycles. The summed E-state index contributed by atoms with van der Waals surface area (Å²) in [5.41, 5.74) is 3.18. The molecule has 2 amide bonds. The van der Waals surface area contributed by atoms with Crippen LogP contribution >= 0.6 is 0 Å². The minimum atomic E-state index is -4.67. The van der Waals surface area contributed by atoms with Gasteiger partial charge < -0.3 is 11.1 Å². The summed E-state index contributed by atoms with van der Waals surface area (Å²) in [6.45, 7) is 0. The Bertz CT molecular complexity index is 836. The summed E-state index contributed by atoms with van der Waals surface area (Å²) in [6.07, 6.45) is -5.23. The molecule has 2 aromatic carbocycles. The lowest BCUT2D eigenvalue weighted by molar-refractivity contribution is -0.138. The van der Waals surface area contributed by atoms with Gasteiger partial charge in [0.05, 0.1) is 11.1 Å². The van der Waals surface area contributed by atoms with Crippen molar-refractivity contribution in [1.82, 2.24) is 5.32 Å². The summed E-state index contributed by atoms with van der Waals surface area (Å²) >= 11 is 0. The van der Waals surface area contributed by atoms with E-state index in [1.165, 1.54) is 12.1 Å². The van der Waals surface area contributed by atoms with Crippen molar-refractivity contribution in [3.63, 3.8) is 0 Å². The number of hydrogen-bond donors (Lipinski definition) is 2. The maximum absolute atomic E-state index is 13.7. The van der Waals surface area contributed by atoms with Crippen LogP contribution in [-0.4, -0.2) is 17.9 Å². The summed E-state index contributed by atoms with van der Waals surface area (Å²) < 4.78 is 65.9. The highest BCUT2D eigenvalue weighted by molar-refractivity contribution is 5.97. The van der Waals surface area contributed by atoms with Gasteiger partial charge >= 0.3 is 6.18 Å². The largest absolute Gasteiger partial charge is 0.416 e. The van der Waals surface area contributed by atoms with E-state index in [0.29, 0.717) is 0 Å². The van der Waals surface area contributed by atoms with Gasteiger partial charge in [-0.1, -0.05) is 24.3 Å². The monoisotopic (exact) mass is 372 g/mol. The number of benzene rings is 2. The third-order valence-corrected chi connectivity index (χ3v) is 3.59. The van der Waals surface area contributed by atoms with Crippen LogP contribution in [0.25, 0.3) is 0 Å². The van der Waals surface area contributed by atoms with Crippen LogP contribution < -0.4 is 11.1 Å². The number of hydrogen-bond acceptors (Lipinski definition) is 2. The first-order chi connectivity index (χ1) is 12.1. The molecule has 0 aliphatic carbocycles. The summed E-state index contributed by atoms with van der Waals surface area (Å²) in [5.74, 6) is -5.01.